The first-order chi connectivity index (χ1) is 17.3. The minimum Gasteiger partial charge on any atom is -0.489 e. The molecule has 1 atom stereocenters. The number of amidine groups is 1. The SMILES string of the molecule is CC[C@H](C)N1C(=O)/C(=C\c2ccc(OCc3ccc([N+](=O)[O-])cc3)cc2)SC1=Nc1ccc(C)cc1. The predicted molar refractivity (Wildman–Crippen MR) is 144 cm³/mol. The number of nitro benzene ring substituents is 1. The Balaban J connectivity index is 1.47. The summed E-state index contributed by atoms with van der Waals surface area (Å²) in [6, 6.07) is 21.7. The number of benzene rings is 3. The summed E-state index contributed by atoms with van der Waals surface area (Å²) in [7, 11) is 0. The Labute approximate surface area is 214 Å². The summed E-state index contributed by atoms with van der Waals surface area (Å²) >= 11 is 1.39. The van der Waals surface area contributed by atoms with E-state index in [9.17, 15) is 14.9 Å². The summed E-state index contributed by atoms with van der Waals surface area (Å²) < 4.78 is 5.80. The molecule has 1 saturated heterocycles. The molecule has 0 bridgehead atoms. The zero-order valence-corrected chi connectivity index (χ0v) is 21.2. The number of thioether (sulfide) groups is 1. The average molecular weight is 502 g/mol. The van der Waals surface area contributed by atoms with Gasteiger partial charge in [-0.2, -0.15) is 0 Å². The lowest BCUT2D eigenvalue weighted by molar-refractivity contribution is -0.384. The Hall–Kier alpha value is -3.91. The van der Waals surface area contributed by atoms with Crippen LogP contribution in [0.3, 0.4) is 0 Å². The van der Waals surface area contributed by atoms with Crippen LogP contribution in [0.25, 0.3) is 6.08 Å². The van der Waals surface area contributed by atoms with Gasteiger partial charge >= 0.3 is 0 Å². The highest BCUT2D eigenvalue weighted by molar-refractivity contribution is 8.18. The molecule has 3 aromatic carbocycles. The third-order valence-electron chi connectivity index (χ3n) is 5.86. The van der Waals surface area contributed by atoms with Gasteiger partial charge in [0.15, 0.2) is 5.17 Å². The average Bonchev–Trinajstić information content (AvgIpc) is 3.18. The lowest BCUT2D eigenvalue weighted by atomic mass is 10.2. The predicted octanol–water partition coefficient (Wildman–Crippen LogP) is 6.88. The van der Waals surface area contributed by atoms with Crippen molar-refractivity contribution in [2.75, 3.05) is 0 Å². The van der Waals surface area contributed by atoms with Gasteiger partial charge in [-0.1, -0.05) is 36.8 Å². The Kier molecular flexibility index (Phi) is 7.85. The van der Waals surface area contributed by atoms with Crippen molar-refractivity contribution in [2.24, 2.45) is 4.99 Å². The van der Waals surface area contributed by atoms with E-state index in [1.807, 2.05) is 68.5 Å². The Morgan fingerprint density at radius 1 is 1.06 bits per heavy atom. The molecule has 184 valence electrons. The second-order valence-corrected chi connectivity index (χ2v) is 9.56. The first-order valence-corrected chi connectivity index (χ1v) is 12.5. The molecule has 8 heteroatoms. The van der Waals surface area contributed by atoms with Crippen LogP contribution in [0.1, 0.15) is 37.0 Å². The monoisotopic (exact) mass is 501 g/mol. The molecule has 4 rings (SSSR count). The second-order valence-electron chi connectivity index (χ2n) is 8.55. The van der Waals surface area contributed by atoms with E-state index in [1.165, 1.54) is 23.9 Å². The fraction of sp³-hybridized carbons (Fsp3) is 0.214. The molecule has 0 aliphatic carbocycles. The van der Waals surface area contributed by atoms with E-state index in [-0.39, 0.29) is 17.6 Å². The maximum Gasteiger partial charge on any atom is 0.269 e. The number of non-ortho nitro benzene ring substituents is 1. The second kappa shape index (κ2) is 11.2. The summed E-state index contributed by atoms with van der Waals surface area (Å²) in [5.74, 6) is 0.627. The van der Waals surface area contributed by atoms with E-state index in [0.717, 1.165) is 28.8 Å². The van der Waals surface area contributed by atoms with E-state index in [2.05, 4.69) is 6.92 Å². The summed E-state index contributed by atoms with van der Waals surface area (Å²) in [6.45, 7) is 6.42. The number of nitro groups is 1. The minimum atomic E-state index is -0.426. The van der Waals surface area contributed by atoms with Gasteiger partial charge in [0, 0.05) is 18.2 Å². The van der Waals surface area contributed by atoms with Crippen LogP contribution in [0.2, 0.25) is 0 Å². The van der Waals surface area contributed by atoms with Gasteiger partial charge in [-0.15, -0.1) is 0 Å². The molecular formula is C28H27N3O4S. The molecule has 1 aliphatic rings. The molecule has 0 N–H and O–H groups in total. The van der Waals surface area contributed by atoms with E-state index in [4.69, 9.17) is 9.73 Å². The normalized spacial score (nSPS) is 16.5. The summed E-state index contributed by atoms with van der Waals surface area (Å²) in [4.78, 5) is 30.8. The van der Waals surface area contributed by atoms with Crippen molar-refractivity contribution in [3.05, 3.63) is 105 Å². The number of carbonyl (C=O) groups is 1. The van der Waals surface area contributed by atoms with Crippen molar-refractivity contribution >= 4 is 40.3 Å². The quantitative estimate of drug-likeness (QED) is 0.191. The number of carbonyl (C=O) groups excluding carboxylic acids is 1. The first-order valence-electron chi connectivity index (χ1n) is 11.7. The molecule has 1 aliphatic heterocycles. The van der Waals surface area contributed by atoms with E-state index < -0.39 is 4.92 Å². The number of hydrogen-bond donors (Lipinski definition) is 0. The highest BCUT2D eigenvalue weighted by Crippen LogP contribution is 2.36. The van der Waals surface area contributed by atoms with Crippen molar-refractivity contribution in [1.82, 2.24) is 4.90 Å². The van der Waals surface area contributed by atoms with Crippen LogP contribution in [0.5, 0.6) is 5.75 Å². The maximum absolute atomic E-state index is 13.2. The van der Waals surface area contributed by atoms with Crippen LogP contribution in [0, 0.1) is 17.0 Å². The smallest absolute Gasteiger partial charge is 0.269 e. The number of rotatable bonds is 8. The Bertz CT molecular complexity index is 1300. The fourth-order valence-corrected chi connectivity index (χ4v) is 4.65. The van der Waals surface area contributed by atoms with Gasteiger partial charge in [0.2, 0.25) is 0 Å². The Morgan fingerprint density at radius 2 is 1.72 bits per heavy atom. The number of ether oxygens (including phenoxy) is 1. The molecule has 1 fully saturated rings. The van der Waals surface area contributed by atoms with Gasteiger partial charge in [0.1, 0.15) is 12.4 Å². The van der Waals surface area contributed by atoms with Crippen LogP contribution in [-0.2, 0) is 11.4 Å². The molecule has 0 radical (unpaired) electrons. The van der Waals surface area contributed by atoms with Crippen LogP contribution in [-0.4, -0.2) is 26.9 Å². The topological polar surface area (TPSA) is 85.0 Å². The highest BCUT2D eigenvalue weighted by Gasteiger charge is 2.36. The zero-order valence-electron chi connectivity index (χ0n) is 20.4. The van der Waals surface area contributed by atoms with Gasteiger partial charge in [0.25, 0.3) is 11.6 Å². The van der Waals surface area contributed by atoms with Crippen molar-refractivity contribution in [2.45, 2.75) is 39.8 Å². The van der Waals surface area contributed by atoms with Crippen LogP contribution >= 0.6 is 11.8 Å². The van der Waals surface area contributed by atoms with E-state index in [1.54, 1.807) is 17.0 Å². The summed E-state index contributed by atoms with van der Waals surface area (Å²) in [5, 5.41) is 11.5. The first kappa shape index (κ1) is 25.2. The molecule has 7 nitrogen and oxygen atoms in total. The van der Waals surface area contributed by atoms with Crippen molar-refractivity contribution in [3.63, 3.8) is 0 Å². The molecule has 0 unspecified atom stereocenters. The lowest BCUT2D eigenvalue weighted by Gasteiger charge is -2.22. The van der Waals surface area contributed by atoms with Crippen molar-refractivity contribution < 1.29 is 14.5 Å². The van der Waals surface area contributed by atoms with Gasteiger partial charge in [-0.25, -0.2) is 4.99 Å². The molecular weight excluding hydrogens is 474 g/mol. The third kappa shape index (κ3) is 6.01. The van der Waals surface area contributed by atoms with Crippen molar-refractivity contribution in [3.8, 4) is 5.75 Å². The Morgan fingerprint density at radius 3 is 2.33 bits per heavy atom. The standard InChI is InChI=1S/C28H27N3O4S/c1-4-20(3)30-27(32)26(36-28(30)29-23-11-5-19(2)6-12-23)17-21-9-15-25(16-10-21)35-18-22-7-13-24(14-8-22)31(33)34/h5-17,20H,4,18H2,1-3H3/b26-17+,29-28?/t20-/m0/s1. The number of aryl methyl sites for hydroxylation is 1. The minimum absolute atomic E-state index is 0.0373. The van der Waals surface area contributed by atoms with Crippen LogP contribution in [0.4, 0.5) is 11.4 Å². The number of hydrogen-bond acceptors (Lipinski definition) is 6. The molecule has 36 heavy (non-hydrogen) atoms. The number of amides is 1. The summed E-state index contributed by atoms with van der Waals surface area (Å²) in [6.07, 6.45) is 2.70. The lowest BCUT2D eigenvalue weighted by Crippen LogP contribution is -2.36. The highest BCUT2D eigenvalue weighted by atomic mass is 32.2. The largest absolute Gasteiger partial charge is 0.489 e. The number of nitrogens with zero attached hydrogens (tertiary/aromatic N) is 3. The molecule has 0 spiro atoms. The van der Waals surface area contributed by atoms with Crippen LogP contribution in [0.15, 0.2) is 82.7 Å². The molecule has 1 amide bonds. The van der Waals surface area contributed by atoms with Gasteiger partial charge in [0.05, 0.1) is 15.5 Å². The van der Waals surface area contributed by atoms with Gasteiger partial charge in [-0.05, 0) is 85.6 Å². The third-order valence-corrected chi connectivity index (χ3v) is 6.84. The molecule has 3 aromatic rings. The summed E-state index contributed by atoms with van der Waals surface area (Å²) in [5.41, 5.74) is 3.75. The van der Waals surface area contributed by atoms with Gasteiger partial charge in [-0.3, -0.25) is 19.8 Å². The maximum atomic E-state index is 13.2. The van der Waals surface area contributed by atoms with E-state index >= 15 is 0 Å². The number of aliphatic imine (C=N–C) groups is 1. The van der Waals surface area contributed by atoms with Gasteiger partial charge < -0.3 is 4.74 Å². The molecule has 0 aromatic heterocycles. The van der Waals surface area contributed by atoms with E-state index in [0.29, 0.717) is 22.4 Å². The zero-order chi connectivity index (χ0) is 25.7. The van der Waals surface area contributed by atoms with Crippen molar-refractivity contribution in [1.29, 1.82) is 0 Å². The molecule has 0 saturated carbocycles. The van der Waals surface area contributed by atoms with Crippen LogP contribution < -0.4 is 4.74 Å². The molecule has 1 heterocycles. The fourth-order valence-electron chi connectivity index (χ4n) is 3.56.